The first kappa shape index (κ1) is 25.0. The average molecular weight is 524 g/mol. The molecule has 2 unspecified atom stereocenters. The topological polar surface area (TPSA) is 83.0 Å². The lowest BCUT2D eigenvalue weighted by molar-refractivity contribution is 0.218. The number of methoxy groups -OCH3 is 1. The fraction of sp³-hybridized carbons (Fsp3) is 0.632. The molecule has 1 heterocycles. The van der Waals surface area contributed by atoms with E-state index < -0.39 is 9.84 Å². The largest absolute Gasteiger partial charge is 0.497 e. The number of aliphatic imine (C=N–C) groups is 1. The maximum atomic E-state index is 11.7. The van der Waals surface area contributed by atoms with Gasteiger partial charge in [-0.05, 0) is 37.2 Å². The molecule has 1 aliphatic heterocycles. The fourth-order valence-electron chi connectivity index (χ4n) is 3.46. The summed E-state index contributed by atoms with van der Waals surface area (Å²) in [6, 6.07) is 8.18. The number of hydrogen-bond donors (Lipinski definition) is 2. The highest BCUT2D eigenvalue weighted by atomic mass is 127. The molecular formula is C19H33IN4O3S. The lowest BCUT2D eigenvalue weighted by atomic mass is 10.0. The van der Waals surface area contributed by atoms with Crippen LogP contribution in [0.4, 0.5) is 0 Å². The Labute approximate surface area is 186 Å². The highest BCUT2D eigenvalue weighted by Gasteiger charge is 2.28. The second-order valence-corrected chi connectivity index (χ2v) is 8.94. The maximum absolute atomic E-state index is 11.7. The number of benzene rings is 1. The highest BCUT2D eigenvalue weighted by Crippen LogP contribution is 2.23. The Kier molecular flexibility index (Phi) is 10.5. The summed E-state index contributed by atoms with van der Waals surface area (Å²) in [5.74, 6) is 1.89. The molecule has 7 nitrogen and oxygen atoms in total. The minimum Gasteiger partial charge on any atom is -0.497 e. The van der Waals surface area contributed by atoms with Gasteiger partial charge in [0.2, 0.25) is 0 Å². The second kappa shape index (κ2) is 11.8. The predicted molar refractivity (Wildman–Crippen MR) is 126 cm³/mol. The zero-order valence-corrected chi connectivity index (χ0v) is 20.3. The van der Waals surface area contributed by atoms with Gasteiger partial charge < -0.3 is 15.4 Å². The van der Waals surface area contributed by atoms with Gasteiger partial charge in [0.15, 0.2) is 15.8 Å². The van der Waals surface area contributed by atoms with E-state index >= 15 is 0 Å². The van der Waals surface area contributed by atoms with Crippen molar-refractivity contribution in [3.05, 3.63) is 29.8 Å². The molecule has 0 spiro atoms. The molecule has 2 atom stereocenters. The lowest BCUT2D eigenvalue weighted by Crippen LogP contribution is -2.47. The summed E-state index contributed by atoms with van der Waals surface area (Å²) in [6.07, 6.45) is 0.623. The third-order valence-corrected chi connectivity index (χ3v) is 6.76. The smallest absolute Gasteiger partial charge is 0.191 e. The van der Waals surface area contributed by atoms with Crippen LogP contribution >= 0.6 is 24.0 Å². The molecule has 1 aliphatic rings. The van der Waals surface area contributed by atoms with Gasteiger partial charge in [0, 0.05) is 19.6 Å². The molecule has 0 aromatic heterocycles. The molecule has 0 saturated carbocycles. The van der Waals surface area contributed by atoms with Crippen molar-refractivity contribution in [1.29, 1.82) is 0 Å². The molecule has 1 fully saturated rings. The zero-order valence-electron chi connectivity index (χ0n) is 17.1. The zero-order chi connectivity index (χ0) is 19.9. The first-order valence-corrected chi connectivity index (χ1v) is 11.3. The molecule has 1 saturated heterocycles. The number of guanidine groups is 1. The third-order valence-electron chi connectivity index (χ3n) is 4.99. The Bertz CT molecular complexity index is 738. The summed E-state index contributed by atoms with van der Waals surface area (Å²) < 4.78 is 28.7. The molecule has 2 N–H and O–H groups in total. The molecule has 9 heteroatoms. The quantitative estimate of drug-likeness (QED) is 0.308. The number of halogens is 1. The molecule has 1 aromatic rings. The van der Waals surface area contributed by atoms with Crippen molar-refractivity contribution in [3.63, 3.8) is 0 Å². The van der Waals surface area contributed by atoms with E-state index in [9.17, 15) is 8.42 Å². The average Bonchev–Trinajstić information content (AvgIpc) is 3.02. The van der Waals surface area contributed by atoms with Crippen LogP contribution in [0.25, 0.3) is 0 Å². The van der Waals surface area contributed by atoms with E-state index in [4.69, 9.17) is 4.74 Å². The number of nitrogens with one attached hydrogen (secondary N) is 2. The summed E-state index contributed by atoms with van der Waals surface area (Å²) in [7, 11) is 0.457. The van der Waals surface area contributed by atoms with Gasteiger partial charge in [-0.3, -0.25) is 9.89 Å². The van der Waals surface area contributed by atoms with Gasteiger partial charge in [-0.2, -0.15) is 0 Å². The molecule has 160 valence electrons. The molecule has 0 amide bonds. The van der Waals surface area contributed by atoms with Crippen molar-refractivity contribution < 1.29 is 13.2 Å². The third kappa shape index (κ3) is 7.07. The lowest BCUT2D eigenvalue weighted by Gasteiger charge is -2.31. The van der Waals surface area contributed by atoms with E-state index in [1.807, 2.05) is 12.1 Å². The maximum Gasteiger partial charge on any atom is 0.191 e. The van der Waals surface area contributed by atoms with E-state index in [1.165, 1.54) is 5.56 Å². The molecule has 2 rings (SSSR count). The SMILES string of the molecule is CCN(CC)C(CNC(=NC)NC1CCS(=O)(=O)C1)c1cccc(OC)c1.I. The Morgan fingerprint density at radius 3 is 2.61 bits per heavy atom. The van der Waals surface area contributed by atoms with Crippen molar-refractivity contribution in [1.82, 2.24) is 15.5 Å². The standard InChI is InChI=1S/C19H32N4O3S.HI/c1-5-23(6-2)18(15-8-7-9-17(12-15)26-4)13-21-19(20-3)22-16-10-11-27(24,25)14-16;/h7-9,12,16,18H,5-6,10-11,13-14H2,1-4H3,(H2,20,21,22);1H. The number of likely N-dealkylation sites (N-methyl/N-ethyl adjacent to an activating group) is 1. The second-order valence-electron chi connectivity index (χ2n) is 6.71. The molecule has 1 aromatic carbocycles. The monoisotopic (exact) mass is 524 g/mol. The van der Waals surface area contributed by atoms with Gasteiger partial charge in [-0.25, -0.2) is 8.42 Å². The summed E-state index contributed by atoms with van der Waals surface area (Å²) in [5.41, 5.74) is 1.17. The van der Waals surface area contributed by atoms with E-state index in [0.717, 1.165) is 18.8 Å². The summed E-state index contributed by atoms with van der Waals surface area (Å²) >= 11 is 0. The van der Waals surface area contributed by atoms with Crippen molar-refractivity contribution in [3.8, 4) is 5.75 Å². The Morgan fingerprint density at radius 1 is 1.36 bits per heavy atom. The van der Waals surface area contributed by atoms with Gasteiger partial charge >= 0.3 is 0 Å². The van der Waals surface area contributed by atoms with E-state index in [2.05, 4.69) is 46.5 Å². The van der Waals surface area contributed by atoms with Gasteiger partial charge in [0.25, 0.3) is 0 Å². The Balaban J connectivity index is 0.00000392. The summed E-state index contributed by atoms with van der Waals surface area (Å²) in [6.45, 7) is 6.80. The van der Waals surface area contributed by atoms with E-state index in [1.54, 1.807) is 14.2 Å². The van der Waals surface area contributed by atoms with Gasteiger partial charge in [0.05, 0.1) is 24.7 Å². The molecular weight excluding hydrogens is 491 g/mol. The van der Waals surface area contributed by atoms with Crippen LogP contribution < -0.4 is 15.4 Å². The number of ether oxygens (including phenoxy) is 1. The van der Waals surface area contributed by atoms with Crippen molar-refractivity contribution in [2.75, 3.05) is 45.3 Å². The van der Waals surface area contributed by atoms with Gasteiger partial charge in [-0.1, -0.05) is 26.0 Å². The van der Waals surface area contributed by atoms with Gasteiger partial charge in [-0.15, -0.1) is 24.0 Å². The number of nitrogens with zero attached hydrogens (tertiary/aromatic N) is 2. The normalized spacial score (nSPS) is 19.8. The van der Waals surface area contributed by atoms with Crippen LogP contribution in [0.1, 0.15) is 31.9 Å². The van der Waals surface area contributed by atoms with Crippen LogP contribution in [0.2, 0.25) is 0 Å². The molecule has 0 aliphatic carbocycles. The van der Waals surface area contributed by atoms with Crippen LogP contribution in [-0.2, 0) is 9.84 Å². The minimum atomic E-state index is -2.92. The van der Waals surface area contributed by atoms with Crippen LogP contribution in [0.5, 0.6) is 5.75 Å². The van der Waals surface area contributed by atoms with E-state index in [0.29, 0.717) is 18.9 Å². The highest BCUT2D eigenvalue weighted by molar-refractivity contribution is 14.0. The minimum absolute atomic E-state index is 0. The summed E-state index contributed by atoms with van der Waals surface area (Å²) in [5, 5.41) is 6.61. The van der Waals surface area contributed by atoms with Crippen molar-refractivity contribution >= 4 is 39.8 Å². The van der Waals surface area contributed by atoms with Crippen LogP contribution in [0.3, 0.4) is 0 Å². The first-order chi connectivity index (χ1) is 12.9. The van der Waals surface area contributed by atoms with Crippen LogP contribution in [0, 0.1) is 0 Å². The molecule has 0 radical (unpaired) electrons. The van der Waals surface area contributed by atoms with Crippen LogP contribution in [-0.4, -0.2) is 70.6 Å². The molecule has 0 bridgehead atoms. The number of rotatable bonds is 8. The van der Waals surface area contributed by atoms with E-state index in [-0.39, 0.29) is 47.6 Å². The van der Waals surface area contributed by atoms with Gasteiger partial charge in [0.1, 0.15) is 5.75 Å². The Hall–Kier alpha value is -1.07. The van der Waals surface area contributed by atoms with Crippen molar-refractivity contribution in [2.45, 2.75) is 32.4 Å². The number of sulfone groups is 1. The number of hydrogen-bond acceptors (Lipinski definition) is 5. The van der Waals surface area contributed by atoms with Crippen molar-refractivity contribution in [2.24, 2.45) is 4.99 Å². The predicted octanol–water partition coefficient (Wildman–Crippen LogP) is 2.05. The van der Waals surface area contributed by atoms with Crippen LogP contribution in [0.15, 0.2) is 29.3 Å². The fourth-order valence-corrected chi connectivity index (χ4v) is 5.13. The Morgan fingerprint density at radius 2 is 2.07 bits per heavy atom. The summed E-state index contributed by atoms with van der Waals surface area (Å²) in [4.78, 5) is 6.64. The molecule has 28 heavy (non-hydrogen) atoms. The first-order valence-electron chi connectivity index (χ1n) is 9.48.